The molecule has 184 valence electrons. The summed E-state index contributed by atoms with van der Waals surface area (Å²) in [7, 11) is 3.57. The minimum Gasteiger partial charge on any atom is -0.487 e. The Balaban J connectivity index is 1.43. The summed E-state index contributed by atoms with van der Waals surface area (Å²) in [5.74, 6) is -0.748. The highest BCUT2D eigenvalue weighted by molar-refractivity contribution is 6.31. The van der Waals surface area contributed by atoms with Crippen LogP contribution in [-0.4, -0.2) is 56.0 Å². The van der Waals surface area contributed by atoms with Gasteiger partial charge in [-0.2, -0.15) is 5.10 Å². The molecule has 2 aliphatic carbocycles. The molecule has 2 aromatic rings. The lowest BCUT2D eigenvalue weighted by Gasteiger charge is -2.27. The summed E-state index contributed by atoms with van der Waals surface area (Å²) in [5.41, 5.74) is 2.02. The van der Waals surface area contributed by atoms with Crippen LogP contribution < -0.4 is 4.74 Å². The van der Waals surface area contributed by atoms with Gasteiger partial charge in [0.2, 0.25) is 0 Å². The van der Waals surface area contributed by atoms with Gasteiger partial charge in [0.25, 0.3) is 0 Å². The highest BCUT2D eigenvalue weighted by Crippen LogP contribution is 2.33. The fraction of sp³-hybridized carbons (Fsp3) is 0.583. The third-order valence-electron chi connectivity index (χ3n) is 6.91. The maximum Gasteiger partial charge on any atom is 0.410 e. The number of ether oxygens (including phenoxy) is 2. The molecule has 2 atom stereocenters. The van der Waals surface area contributed by atoms with Gasteiger partial charge in [-0.15, -0.1) is 0 Å². The third-order valence-corrected chi connectivity index (χ3v) is 7.18. The number of carbonyl (C=O) groups is 2. The number of amides is 1. The summed E-state index contributed by atoms with van der Waals surface area (Å²) in [6.07, 6.45) is 8.14. The van der Waals surface area contributed by atoms with Crippen molar-refractivity contribution in [3.05, 3.63) is 29.2 Å². The molecule has 0 radical (unpaired) electrons. The molecule has 2 heterocycles. The molecule has 0 spiro atoms. The molecule has 34 heavy (non-hydrogen) atoms. The van der Waals surface area contributed by atoms with Gasteiger partial charge in [0.05, 0.1) is 29.6 Å². The lowest BCUT2D eigenvalue weighted by Crippen LogP contribution is -2.35. The minimum absolute atomic E-state index is 0.0674. The number of carboxylic acids is 1. The molecule has 2 saturated carbocycles. The van der Waals surface area contributed by atoms with E-state index in [1.54, 1.807) is 42.0 Å². The maximum atomic E-state index is 12.5. The molecule has 1 N–H and O–H groups in total. The molecule has 0 saturated heterocycles. The van der Waals surface area contributed by atoms with Crippen molar-refractivity contribution in [2.45, 2.75) is 70.1 Å². The van der Waals surface area contributed by atoms with Crippen molar-refractivity contribution in [3.63, 3.8) is 0 Å². The van der Waals surface area contributed by atoms with Crippen LogP contribution >= 0.6 is 11.6 Å². The van der Waals surface area contributed by atoms with E-state index < -0.39 is 11.9 Å². The van der Waals surface area contributed by atoms with E-state index in [-0.39, 0.29) is 30.0 Å². The maximum absolute atomic E-state index is 12.5. The van der Waals surface area contributed by atoms with Crippen molar-refractivity contribution in [2.75, 3.05) is 7.05 Å². The number of hydrogen-bond acceptors (Lipinski definition) is 6. The molecule has 2 aromatic heterocycles. The Labute approximate surface area is 204 Å². The molecule has 0 bridgehead atoms. The second-order valence-corrected chi connectivity index (χ2v) is 9.52. The standard InChI is InChI=1S/C24H31ClN4O5/c1-28(16-7-3-4-8-16)24(32)33-14-20-18(13-26-29(20)2)19-10-11-21(22(25)27-19)34-17-9-5-6-15(12-17)23(30)31/h10-11,13,15-17H,3-9,12,14H2,1-2H3,(H,30,31)/t15-,17-/m0/s1. The molecule has 1 amide bonds. The number of hydrogen-bond donors (Lipinski definition) is 1. The normalized spacial score (nSPS) is 20.8. The van der Waals surface area contributed by atoms with Crippen molar-refractivity contribution in [2.24, 2.45) is 13.0 Å². The van der Waals surface area contributed by atoms with Gasteiger partial charge >= 0.3 is 12.1 Å². The lowest BCUT2D eigenvalue weighted by molar-refractivity contribution is -0.143. The number of aromatic nitrogens is 3. The molecular weight excluding hydrogens is 460 g/mol. The Morgan fingerprint density at radius 2 is 1.97 bits per heavy atom. The van der Waals surface area contributed by atoms with Crippen LogP contribution in [-0.2, 0) is 23.2 Å². The fourth-order valence-electron chi connectivity index (χ4n) is 4.84. The van der Waals surface area contributed by atoms with Crippen LogP contribution in [0, 0.1) is 5.92 Å². The molecule has 0 aromatic carbocycles. The van der Waals surface area contributed by atoms with Gasteiger partial charge in [0.15, 0.2) is 10.9 Å². The zero-order valence-electron chi connectivity index (χ0n) is 19.6. The predicted octanol–water partition coefficient (Wildman–Crippen LogP) is 4.67. The largest absolute Gasteiger partial charge is 0.487 e. The first-order valence-electron chi connectivity index (χ1n) is 11.8. The SMILES string of the molecule is CN(C(=O)OCc1c(-c2ccc(O[C@H]3CCC[C@H](C(=O)O)C3)c(Cl)n2)cnn1C)C1CCCC1. The van der Waals surface area contributed by atoms with Crippen LogP contribution in [0.25, 0.3) is 11.3 Å². The second kappa shape index (κ2) is 10.6. The zero-order valence-corrected chi connectivity index (χ0v) is 20.3. The van der Waals surface area contributed by atoms with E-state index in [0.29, 0.717) is 30.0 Å². The van der Waals surface area contributed by atoms with Gasteiger partial charge in [-0.25, -0.2) is 9.78 Å². The van der Waals surface area contributed by atoms with Crippen LogP contribution in [0.4, 0.5) is 4.79 Å². The summed E-state index contributed by atoms with van der Waals surface area (Å²) >= 11 is 6.43. The highest BCUT2D eigenvalue weighted by atomic mass is 35.5. The van der Waals surface area contributed by atoms with Crippen LogP contribution in [0.15, 0.2) is 18.3 Å². The number of aliphatic carboxylic acids is 1. The number of rotatable bonds is 7. The summed E-state index contributed by atoms with van der Waals surface area (Å²) in [6, 6.07) is 3.76. The number of aryl methyl sites for hydroxylation is 1. The summed E-state index contributed by atoms with van der Waals surface area (Å²) in [4.78, 5) is 30.0. The van der Waals surface area contributed by atoms with Gasteiger partial charge < -0.3 is 19.5 Å². The van der Waals surface area contributed by atoms with Crippen molar-refractivity contribution in [3.8, 4) is 17.0 Å². The highest BCUT2D eigenvalue weighted by Gasteiger charge is 2.29. The lowest BCUT2D eigenvalue weighted by atomic mass is 9.87. The molecule has 0 unspecified atom stereocenters. The van der Waals surface area contributed by atoms with E-state index in [9.17, 15) is 14.7 Å². The predicted molar refractivity (Wildman–Crippen MR) is 126 cm³/mol. The Bertz CT molecular complexity index is 1040. The number of nitrogens with zero attached hydrogens (tertiary/aromatic N) is 4. The number of halogens is 1. The van der Waals surface area contributed by atoms with Gasteiger partial charge in [0, 0.05) is 25.7 Å². The van der Waals surface area contributed by atoms with Crippen molar-refractivity contribution in [1.82, 2.24) is 19.7 Å². The zero-order chi connectivity index (χ0) is 24.2. The molecule has 4 rings (SSSR count). The summed E-state index contributed by atoms with van der Waals surface area (Å²) in [6.45, 7) is 0.0674. The van der Waals surface area contributed by atoms with Crippen LogP contribution in [0.5, 0.6) is 5.75 Å². The monoisotopic (exact) mass is 490 g/mol. The summed E-state index contributed by atoms with van der Waals surface area (Å²) in [5, 5.41) is 13.8. The number of carbonyl (C=O) groups excluding carboxylic acids is 1. The van der Waals surface area contributed by atoms with Crippen molar-refractivity contribution >= 4 is 23.7 Å². The molecule has 9 nitrogen and oxygen atoms in total. The Morgan fingerprint density at radius 1 is 1.21 bits per heavy atom. The van der Waals surface area contributed by atoms with Gasteiger partial charge in [-0.1, -0.05) is 24.4 Å². The molecular formula is C24H31ClN4O5. The Morgan fingerprint density at radius 3 is 2.68 bits per heavy atom. The van der Waals surface area contributed by atoms with Crippen LogP contribution in [0.3, 0.4) is 0 Å². The van der Waals surface area contributed by atoms with Gasteiger partial charge in [-0.05, 0) is 50.7 Å². The van der Waals surface area contributed by atoms with Gasteiger partial charge in [-0.3, -0.25) is 9.48 Å². The molecule has 2 fully saturated rings. The first-order valence-corrected chi connectivity index (χ1v) is 12.2. The van der Waals surface area contributed by atoms with E-state index in [1.165, 1.54) is 0 Å². The van der Waals surface area contributed by atoms with E-state index >= 15 is 0 Å². The molecule has 10 heteroatoms. The van der Waals surface area contributed by atoms with E-state index in [4.69, 9.17) is 21.1 Å². The number of pyridine rings is 1. The topological polar surface area (TPSA) is 107 Å². The first-order chi connectivity index (χ1) is 16.3. The Kier molecular flexibility index (Phi) is 7.60. The Hall–Kier alpha value is -2.81. The average molecular weight is 491 g/mol. The van der Waals surface area contributed by atoms with E-state index in [1.807, 2.05) is 0 Å². The number of carboxylic acid groups (broad SMARTS) is 1. The van der Waals surface area contributed by atoms with Crippen molar-refractivity contribution in [1.29, 1.82) is 0 Å². The molecule has 0 aliphatic heterocycles. The molecule has 2 aliphatic rings. The first kappa shape index (κ1) is 24.3. The fourth-order valence-corrected chi connectivity index (χ4v) is 5.03. The van der Waals surface area contributed by atoms with Crippen molar-refractivity contribution < 1.29 is 24.2 Å². The average Bonchev–Trinajstić information content (AvgIpc) is 3.48. The third kappa shape index (κ3) is 5.46. The van der Waals surface area contributed by atoms with E-state index in [0.717, 1.165) is 44.1 Å². The van der Waals surface area contributed by atoms with Gasteiger partial charge in [0.1, 0.15) is 6.61 Å². The minimum atomic E-state index is -0.785. The quantitative estimate of drug-likeness (QED) is 0.562. The smallest absolute Gasteiger partial charge is 0.410 e. The van der Waals surface area contributed by atoms with E-state index in [2.05, 4.69) is 10.1 Å². The second-order valence-electron chi connectivity index (χ2n) is 9.16. The summed E-state index contributed by atoms with van der Waals surface area (Å²) < 4.78 is 13.2. The van der Waals surface area contributed by atoms with Crippen LogP contribution in [0.1, 0.15) is 57.1 Å². The van der Waals surface area contributed by atoms with Crippen LogP contribution in [0.2, 0.25) is 5.15 Å².